The van der Waals surface area contributed by atoms with Crippen molar-refractivity contribution in [1.82, 2.24) is 19.7 Å². The summed E-state index contributed by atoms with van der Waals surface area (Å²) >= 11 is 0. The van der Waals surface area contributed by atoms with Gasteiger partial charge in [0.2, 0.25) is 11.8 Å². The maximum Gasteiger partial charge on any atom is 0.226 e. The van der Waals surface area contributed by atoms with Gasteiger partial charge in [0.25, 0.3) is 0 Å². The maximum atomic E-state index is 12.9. The summed E-state index contributed by atoms with van der Waals surface area (Å²) in [5, 5.41) is 0. The van der Waals surface area contributed by atoms with E-state index in [0.717, 1.165) is 31.4 Å². The lowest BCUT2D eigenvalue weighted by molar-refractivity contribution is -0.140. The zero-order valence-electron chi connectivity index (χ0n) is 15.8. The lowest BCUT2D eigenvalue weighted by atomic mass is 9.95. The Kier molecular flexibility index (Phi) is 6.93. The van der Waals surface area contributed by atoms with Gasteiger partial charge in [-0.1, -0.05) is 12.5 Å². The van der Waals surface area contributed by atoms with Gasteiger partial charge in [-0.15, -0.1) is 0 Å². The van der Waals surface area contributed by atoms with Gasteiger partial charge in [-0.05, 0) is 38.6 Å². The minimum Gasteiger partial charge on any atom is -0.344 e. The molecule has 0 unspecified atom stereocenters. The first-order chi connectivity index (χ1) is 11.9. The van der Waals surface area contributed by atoms with E-state index in [1.165, 1.54) is 0 Å². The van der Waals surface area contributed by atoms with Gasteiger partial charge < -0.3 is 14.7 Å². The molecule has 25 heavy (non-hydrogen) atoms. The summed E-state index contributed by atoms with van der Waals surface area (Å²) in [6.07, 6.45) is 6.52. The molecule has 2 heterocycles. The molecule has 0 aliphatic carbocycles. The van der Waals surface area contributed by atoms with E-state index in [-0.39, 0.29) is 17.7 Å². The van der Waals surface area contributed by atoms with Crippen molar-refractivity contribution in [3.05, 3.63) is 30.1 Å². The average Bonchev–Trinajstić information content (AvgIpc) is 2.65. The van der Waals surface area contributed by atoms with E-state index in [9.17, 15) is 9.59 Å². The zero-order chi connectivity index (χ0) is 18.4. The number of amides is 2. The van der Waals surface area contributed by atoms with Crippen LogP contribution < -0.4 is 0 Å². The number of carbonyl (C=O) groups excluding carboxylic acids is 2. The van der Waals surface area contributed by atoms with Crippen molar-refractivity contribution < 1.29 is 9.59 Å². The fourth-order valence-electron chi connectivity index (χ4n) is 3.37. The fraction of sp³-hybridized carbons (Fsp3) is 0.632. The minimum absolute atomic E-state index is 0.0499. The molecular formula is C19H30N4O2. The lowest BCUT2D eigenvalue weighted by Crippen LogP contribution is -2.41. The van der Waals surface area contributed by atoms with Gasteiger partial charge in [-0.2, -0.15) is 0 Å². The molecule has 2 amide bonds. The van der Waals surface area contributed by atoms with Crippen LogP contribution in [0, 0.1) is 5.92 Å². The number of likely N-dealkylation sites (N-methyl/N-ethyl adjacent to an activating group) is 2. The molecule has 2 atom stereocenters. The molecule has 6 heteroatoms. The van der Waals surface area contributed by atoms with Crippen LogP contribution in [0.5, 0.6) is 0 Å². The van der Waals surface area contributed by atoms with Crippen molar-refractivity contribution in [2.45, 2.75) is 38.3 Å². The summed E-state index contributed by atoms with van der Waals surface area (Å²) in [4.78, 5) is 35.1. The number of aromatic nitrogens is 1. The second-order valence-electron chi connectivity index (χ2n) is 7.28. The Morgan fingerprint density at radius 2 is 2.08 bits per heavy atom. The van der Waals surface area contributed by atoms with Crippen LogP contribution in [-0.2, 0) is 16.1 Å². The molecule has 1 fully saturated rings. The molecule has 1 aliphatic heterocycles. The topological polar surface area (TPSA) is 56.8 Å². The van der Waals surface area contributed by atoms with Crippen molar-refractivity contribution in [2.75, 3.05) is 34.7 Å². The maximum absolute atomic E-state index is 12.9. The number of rotatable bonds is 4. The average molecular weight is 346 g/mol. The molecule has 6 nitrogen and oxygen atoms in total. The summed E-state index contributed by atoms with van der Waals surface area (Å²) in [7, 11) is 7.74. The van der Waals surface area contributed by atoms with Gasteiger partial charge in [0, 0.05) is 58.0 Å². The molecule has 2 rings (SSSR count). The highest BCUT2D eigenvalue weighted by Gasteiger charge is 2.29. The van der Waals surface area contributed by atoms with Crippen molar-refractivity contribution in [1.29, 1.82) is 0 Å². The Labute approximate surface area is 150 Å². The molecule has 1 aromatic heterocycles. The van der Waals surface area contributed by atoms with E-state index in [0.29, 0.717) is 19.0 Å². The quantitative estimate of drug-likeness (QED) is 0.831. The molecule has 1 saturated heterocycles. The van der Waals surface area contributed by atoms with Gasteiger partial charge in [-0.3, -0.25) is 14.6 Å². The van der Waals surface area contributed by atoms with Crippen LogP contribution >= 0.6 is 0 Å². The molecule has 0 N–H and O–H groups in total. The Morgan fingerprint density at radius 3 is 2.72 bits per heavy atom. The molecule has 0 bridgehead atoms. The van der Waals surface area contributed by atoms with E-state index < -0.39 is 0 Å². The van der Waals surface area contributed by atoms with E-state index >= 15 is 0 Å². The minimum atomic E-state index is -0.238. The normalized spacial score (nSPS) is 22.3. The first-order valence-corrected chi connectivity index (χ1v) is 8.92. The summed E-state index contributed by atoms with van der Waals surface area (Å²) in [6, 6.07) is 4.17. The Bertz CT molecular complexity index is 576. The Hall–Kier alpha value is -1.95. The highest BCUT2D eigenvalue weighted by atomic mass is 16.2. The number of hydrogen-bond donors (Lipinski definition) is 0. The predicted molar refractivity (Wildman–Crippen MR) is 97.8 cm³/mol. The van der Waals surface area contributed by atoms with Crippen molar-refractivity contribution in [3.63, 3.8) is 0 Å². The lowest BCUT2D eigenvalue weighted by Gasteiger charge is -2.28. The Morgan fingerprint density at radius 1 is 1.32 bits per heavy atom. The number of hydrogen-bond acceptors (Lipinski definition) is 4. The molecule has 1 aromatic rings. The van der Waals surface area contributed by atoms with Crippen LogP contribution in [0.25, 0.3) is 0 Å². The summed E-state index contributed by atoms with van der Waals surface area (Å²) in [6.45, 7) is 1.24. The Balaban J connectivity index is 2.03. The number of pyridine rings is 1. The first-order valence-electron chi connectivity index (χ1n) is 8.92. The molecule has 0 radical (unpaired) electrons. The van der Waals surface area contributed by atoms with E-state index in [4.69, 9.17) is 0 Å². The number of carbonyl (C=O) groups is 2. The fourth-order valence-corrected chi connectivity index (χ4v) is 3.37. The van der Waals surface area contributed by atoms with Crippen LogP contribution in [0.15, 0.2) is 24.5 Å². The second-order valence-corrected chi connectivity index (χ2v) is 7.28. The van der Waals surface area contributed by atoms with E-state index in [1.807, 2.05) is 33.3 Å². The molecule has 138 valence electrons. The molecule has 0 saturated carbocycles. The highest BCUT2D eigenvalue weighted by molar-refractivity contribution is 5.85. The van der Waals surface area contributed by atoms with Crippen LogP contribution in [0.4, 0.5) is 0 Å². The van der Waals surface area contributed by atoms with Gasteiger partial charge >= 0.3 is 0 Å². The van der Waals surface area contributed by atoms with Gasteiger partial charge in [-0.25, -0.2) is 0 Å². The van der Waals surface area contributed by atoms with Crippen LogP contribution in [0.3, 0.4) is 0 Å². The van der Waals surface area contributed by atoms with Gasteiger partial charge in [0.05, 0.1) is 0 Å². The third-order valence-electron chi connectivity index (χ3n) is 5.02. The smallest absolute Gasteiger partial charge is 0.226 e. The predicted octanol–water partition coefficient (Wildman–Crippen LogP) is 1.62. The summed E-state index contributed by atoms with van der Waals surface area (Å²) in [5.74, 6) is -0.131. The van der Waals surface area contributed by atoms with Crippen molar-refractivity contribution in [3.8, 4) is 0 Å². The first kappa shape index (κ1) is 19.4. The van der Waals surface area contributed by atoms with Crippen molar-refractivity contribution in [2.24, 2.45) is 5.92 Å². The van der Waals surface area contributed by atoms with Crippen molar-refractivity contribution >= 4 is 11.8 Å². The third kappa shape index (κ3) is 5.53. The van der Waals surface area contributed by atoms with Gasteiger partial charge in [0.1, 0.15) is 0 Å². The molecule has 1 aliphatic rings. The number of nitrogens with zero attached hydrogens (tertiary/aromatic N) is 4. The van der Waals surface area contributed by atoms with Gasteiger partial charge in [0.15, 0.2) is 0 Å². The van der Waals surface area contributed by atoms with E-state index in [1.54, 1.807) is 29.2 Å². The van der Waals surface area contributed by atoms with Crippen LogP contribution in [0.1, 0.15) is 31.2 Å². The zero-order valence-corrected chi connectivity index (χ0v) is 15.8. The van der Waals surface area contributed by atoms with Crippen LogP contribution in [-0.4, -0.2) is 72.3 Å². The largest absolute Gasteiger partial charge is 0.344 e. The highest BCUT2D eigenvalue weighted by Crippen LogP contribution is 2.22. The SMILES string of the molecule is CN1C[C@H](N(C)C)CCC[C@@H](C(=O)N(C)Cc2cccnc2)CC1=O. The van der Waals surface area contributed by atoms with E-state index in [2.05, 4.69) is 9.88 Å². The summed E-state index contributed by atoms with van der Waals surface area (Å²) < 4.78 is 0. The second kappa shape index (κ2) is 8.94. The molecule has 0 spiro atoms. The third-order valence-corrected chi connectivity index (χ3v) is 5.02. The summed E-state index contributed by atoms with van der Waals surface area (Å²) in [5.41, 5.74) is 0.998. The monoisotopic (exact) mass is 346 g/mol. The standard InChI is InChI=1S/C19H30N4O2/c1-21(2)17-9-5-8-16(11-18(24)22(3)14-17)19(25)23(4)13-15-7-6-10-20-12-15/h6-7,10,12,16-17H,5,8-9,11,13-14H2,1-4H3/t16-,17-/m1/s1. The molecular weight excluding hydrogens is 316 g/mol. The molecule has 0 aromatic carbocycles. The van der Waals surface area contributed by atoms with Crippen LogP contribution in [0.2, 0.25) is 0 Å².